The molecule has 3 amide bonds. The Morgan fingerprint density at radius 2 is 2.11 bits per heavy atom. The molecule has 0 aliphatic rings. The molecule has 19 heavy (non-hydrogen) atoms. The first kappa shape index (κ1) is 14.9. The van der Waals surface area contributed by atoms with Crippen molar-refractivity contribution in [3.8, 4) is 0 Å². The van der Waals surface area contributed by atoms with E-state index in [1.54, 1.807) is 13.0 Å². The first-order valence-corrected chi connectivity index (χ1v) is 6.13. The highest BCUT2D eigenvalue weighted by molar-refractivity contribution is 5.93. The zero-order valence-electron chi connectivity index (χ0n) is 11.0. The lowest BCUT2D eigenvalue weighted by Crippen LogP contribution is -2.46. The molecule has 104 valence electrons. The summed E-state index contributed by atoms with van der Waals surface area (Å²) in [5, 5.41) is 7.60. The first-order chi connectivity index (χ1) is 9.02. The van der Waals surface area contributed by atoms with Crippen LogP contribution >= 0.6 is 0 Å². The standard InChI is InChI=1S/C13H18FN3O2/c1-3-7-15-12(18)9(2)16-13(19)17-11-6-4-5-10(14)8-11/h4-6,8-9H,3,7H2,1-2H3,(H,15,18)(H2,16,17,19)/t9-/m1/s1. The molecule has 0 aromatic heterocycles. The van der Waals surface area contributed by atoms with Gasteiger partial charge in [0, 0.05) is 12.2 Å². The van der Waals surface area contributed by atoms with Crippen LogP contribution in [0.1, 0.15) is 20.3 Å². The van der Waals surface area contributed by atoms with E-state index in [-0.39, 0.29) is 5.91 Å². The van der Waals surface area contributed by atoms with E-state index in [1.165, 1.54) is 18.2 Å². The molecule has 1 atom stereocenters. The molecule has 0 aliphatic carbocycles. The molecule has 0 radical (unpaired) electrons. The normalized spacial score (nSPS) is 11.5. The molecule has 0 spiro atoms. The molecular formula is C13H18FN3O2. The average Bonchev–Trinajstić information content (AvgIpc) is 2.35. The number of halogens is 1. The molecule has 0 saturated heterocycles. The maximum absolute atomic E-state index is 12.9. The number of rotatable bonds is 5. The molecule has 6 heteroatoms. The van der Waals surface area contributed by atoms with Crippen molar-refractivity contribution in [2.24, 2.45) is 0 Å². The van der Waals surface area contributed by atoms with Crippen LogP contribution in [0.25, 0.3) is 0 Å². The van der Waals surface area contributed by atoms with Gasteiger partial charge in [-0.1, -0.05) is 13.0 Å². The van der Waals surface area contributed by atoms with Gasteiger partial charge in [-0.3, -0.25) is 4.79 Å². The van der Waals surface area contributed by atoms with Gasteiger partial charge in [-0.05, 0) is 31.5 Å². The average molecular weight is 267 g/mol. The van der Waals surface area contributed by atoms with E-state index < -0.39 is 17.9 Å². The summed E-state index contributed by atoms with van der Waals surface area (Å²) >= 11 is 0. The van der Waals surface area contributed by atoms with E-state index in [0.29, 0.717) is 12.2 Å². The van der Waals surface area contributed by atoms with Gasteiger partial charge in [-0.2, -0.15) is 0 Å². The molecule has 5 nitrogen and oxygen atoms in total. The first-order valence-electron chi connectivity index (χ1n) is 6.13. The molecule has 0 bridgehead atoms. The largest absolute Gasteiger partial charge is 0.354 e. The SMILES string of the molecule is CCCNC(=O)[C@@H](C)NC(=O)Nc1cccc(F)c1. The van der Waals surface area contributed by atoms with E-state index in [9.17, 15) is 14.0 Å². The summed E-state index contributed by atoms with van der Waals surface area (Å²) < 4.78 is 12.9. The Labute approximate surface area is 111 Å². The van der Waals surface area contributed by atoms with Gasteiger partial charge in [0.05, 0.1) is 0 Å². The number of amides is 3. The fourth-order valence-electron chi connectivity index (χ4n) is 1.40. The Bertz CT molecular complexity index is 451. The summed E-state index contributed by atoms with van der Waals surface area (Å²) in [6, 6.07) is 4.32. The van der Waals surface area contributed by atoms with Crippen LogP contribution in [0.4, 0.5) is 14.9 Å². The smallest absolute Gasteiger partial charge is 0.319 e. The van der Waals surface area contributed by atoms with Gasteiger partial charge in [0.25, 0.3) is 0 Å². The summed E-state index contributed by atoms with van der Waals surface area (Å²) in [6.45, 7) is 4.08. The number of urea groups is 1. The van der Waals surface area contributed by atoms with E-state index in [2.05, 4.69) is 16.0 Å². The molecule has 0 fully saturated rings. The van der Waals surface area contributed by atoms with E-state index in [1.807, 2.05) is 6.92 Å². The van der Waals surface area contributed by atoms with Gasteiger partial charge in [-0.15, -0.1) is 0 Å². The number of nitrogens with one attached hydrogen (secondary N) is 3. The zero-order chi connectivity index (χ0) is 14.3. The van der Waals surface area contributed by atoms with E-state index >= 15 is 0 Å². The third-order valence-electron chi connectivity index (χ3n) is 2.37. The van der Waals surface area contributed by atoms with Gasteiger partial charge in [-0.25, -0.2) is 9.18 Å². The number of anilines is 1. The highest BCUT2D eigenvalue weighted by atomic mass is 19.1. The Morgan fingerprint density at radius 1 is 1.37 bits per heavy atom. The maximum Gasteiger partial charge on any atom is 0.319 e. The Hall–Kier alpha value is -2.11. The van der Waals surface area contributed by atoms with Gasteiger partial charge in [0.2, 0.25) is 5.91 Å². The quantitative estimate of drug-likeness (QED) is 0.762. The lowest BCUT2D eigenvalue weighted by Gasteiger charge is -2.14. The summed E-state index contributed by atoms with van der Waals surface area (Å²) in [6.07, 6.45) is 0.827. The molecule has 1 aromatic rings. The Kier molecular flexibility index (Phi) is 5.78. The van der Waals surface area contributed by atoms with Gasteiger partial charge in [0.15, 0.2) is 0 Å². The Balaban J connectivity index is 2.44. The molecule has 1 rings (SSSR count). The molecule has 0 unspecified atom stereocenters. The number of benzene rings is 1. The van der Waals surface area contributed by atoms with Crippen molar-refractivity contribution in [3.05, 3.63) is 30.1 Å². The number of hydrogen-bond donors (Lipinski definition) is 3. The zero-order valence-corrected chi connectivity index (χ0v) is 11.0. The maximum atomic E-state index is 12.9. The molecule has 1 aromatic carbocycles. The predicted octanol–water partition coefficient (Wildman–Crippen LogP) is 1.86. The second-order valence-corrected chi connectivity index (χ2v) is 4.12. The van der Waals surface area contributed by atoms with Crippen LogP contribution in [0.15, 0.2) is 24.3 Å². The predicted molar refractivity (Wildman–Crippen MR) is 71.3 cm³/mol. The minimum atomic E-state index is -0.653. The van der Waals surface area contributed by atoms with Crippen molar-refractivity contribution in [1.29, 1.82) is 0 Å². The monoisotopic (exact) mass is 267 g/mol. The highest BCUT2D eigenvalue weighted by Gasteiger charge is 2.14. The van der Waals surface area contributed by atoms with Crippen molar-refractivity contribution in [3.63, 3.8) is 0 Å². The molecule has 0 saturated carbocycles. The van der Waals surface area contributed by atoms with Gasteiger partial charge < -0.3 is 16.0 Å². The molecule has 0 heterocycles. The van der Waals surface area contributed by atoms with Crippen molar-refractivity contribution >= 4 is 17.6 Å². The summed E-state index contributed by atoms with van der Waals surface area (Å²) in [5.41, 5.74) is 0.332. The van der Waals surface area contributed by atoms with Crippen LogP contribution in [-0.4, -0.2) is 24.5 Å². The molecule has 3 N–H and O–H groups in total. The van der Waals surface area contributed by atoms with Crippen LogP contribution in [0.3, 0.4) is 0 Å². The topological polar surface area (TPSA) is 70.2 Å². The third kappa shape index (κ3) is 5.37. The van der Waals surface area contributed by atoms with Crippen LogP contribution in [0.2, 0.25) is 0 Å². The third-order valence-corrected chi connectivity index (χ3v) is 2.37. The summed E-state index contributed by atoms with van der Waals surface area (Å²) in [7, 11) is 0. The van der Waals surface area contributed by atoms with Gasteiger partial charge >= 0.3 is 6.03 Å². The minimum Gasteiger partial charge on any atom is -0.354 e. The van der Waals surface area contributed by atoms with Crippen LogP contribution in [0.5, 0.6) is 0 Å². The van der Waals surface area contributed by atoms with Crippen molar-refractivity contribution in [1.82, 2.24) is 10.6 Å². The minimum absolute atomic E-state index is 0.253. The van der Waals surface area contributed by atoms with Crippen molar-refractivity contribution in [2.75, 3.05) is 11.9 Å². The lowest BCUT2D eigenvalue weighted by molar-refractivity contribution is -0.122. The van der Waals surface area contributed by atoms with E-state index in [0.717, 1.165) is 6.42 Å². The van der Waals surface area contributed by atoms with Gasteiger partial charge in [0.1, 0.15) is 11.9 Å². The summed E-state index contributed by atoms with van der Waals surface area (Å²) in [4.78, 5) is 23.1. The highest BCUT2D eigenvalue weighted by Crippen LogP contribution is 2.08. The molecule has 0 aliphatic heterocycles. The van der Waals surface area contributed by atoms with Crippen LogP contribution < -0.4 is 16.0 Å². The fourth-order valence-corrected chi connectivity index (χ4v) is 1.40. The number of carbonyl (C=O) groups excluding carboxylic acids is 2. The number of hydrogen-bond acceptors (Lipinski definition) is 2. The lowest BCUT2D eigenvalue weighted by atomic mass is 10.3. The molecular weight excluding hydrogens is 249 g/mol. The second-order valence-electron chi connectivity index (χ2n) is 4.12. The van der Waals surface area contributed by atoms with Crippen molar-refractivity contribution in [2.45, 2.75) is 26.3 Å². The van der Waals surface area contributed by atoms with E-state index in [4.69, 9.17) is 0 Å². The second kappa shape index (κ2) is 7.35. The van der Waals surface area contributed by atoms with Crippen LogP contribution in [0, 0.1) is 5.82 Å². The summed E-state index contributed by atoms with van der Waals surface area (Å²) in [5.74, 6) is -0.692. The van der Waals surface area contributed by atoms with Crippen LogP contribution in [-0.2, 0) is 4.79 Å². The number of carbonyl (C=O) groups is 2. The Morgan fingerprint density at radius 3 is 2.74 bits per heavy atom. The van der Waals surface area contributed by atoms with Crippen molar-refractivity contribution < 1.29 is 14.0 Å². The fraction of sp³-hybridized carbons (Fsp3) is 0.385.